The molecule has 2 aromatic rings. The third-order valence-corrected chi connectivity index (χ3v) is 5.31. The van der Waals surface area contributed by atoms with Gasteiger partial charge in [0.25, 0.3) is 0 Å². The summed E-state index contributed by atoms with van der Waals surface area (Å²) < 4.78 is 8.41. The summed E-state index contributed by atoms with van der Waals surface area (Å²) in [6.07, 6.45) is 3.95. The summed E-state index contributed by atoms with van der Waals surface area (Å²) in [5.74, 6) is 0.383. The molecule has 1 heterocycles. The van der Waals surface area contributed by atoms with Gasteiger partial charge in [0.2, 0.25) is 0 Å². The fourth-order valence-corrected chi connectivity index (χ4v) is 3.87. The number of nitrogens with zero attached hydrogens (tertiary/aromatic N) is 1. The van der Waals surface area contributed by atoms with Crippen LogP contribution >= 0.6 is 12.9 Å². The van der Waals surface area contributed by atoms with Crippen LogP contribution in [0, 0.1) is 6.92 Å². The van der Waals surface area contributed by atoms with Gasteiger partial charge in [-0.1, -0.05) is 6.07 Å². The topological polar surface area (TPSA) is 31.2 Å². The van der Waals surface area contributed by atoms with Crippen LogP contribution in [-0.2, 0) is 4.79 Å². The van der Waals surface area contributed by atoms with E-state index in [0.717, 1.165) is 9.38 Å². The van der Waals surface area contributed by atoms with E-state index in [1.807, 2.05) is 35.2 Å². The van der Waals surface area contributed by atoms with Crippen molar-refractivity contribution in [1.82, 2.24) is 4.57 Å². The molecule has 0 spiro atoms. The summed E-state index contributed by atoms with van der Waals surface area (Å²) in [5.41, 5.74) is 2.21. The Labute approximate surface area is 122 Å². The normalized spacial score (nSPS) is 9.94. The number of aryl methyl sites for hydroxylation is 1. The van der Waals surface area contributed by atoms with E-state index in [9.17, 15) is 4.79 Å². The van der Waals surface area contributed by atoms with E-state index < -0.39 is 18.2 Å². The van der Waals surface area contributed by atoms with E-state index in [2.05, 4.69) is 25.9 Å². The van der Waals surface area contributed by atoms with E-state index >= 15 is 0 Å². The number of hydrogen-bond donors (Lipinski definition) is 0. The lowest BCUT2D eigenvalue weighted by Crippen LogP contribution is -2.17. The predicted molar refractivity (Wildman–Crippen MR) is 76.1 cm³/mol. The zero-order valence-electron chi connectivity index (χ0n) is 10.3. The van der Waals surface area contributed by atoms with E-state index in [0.29, 0.717) is 5.75 Å². The van der Waals surface area contributed by atoms with Gasteiger partial charge in [-0.3, -0.25) is 17.7 Å². The largest absolute Gasteiger partial charge is 0.512 e. The molecule has 0 atom stereocenters. The van der Waals surface area contributed by atoms with E-state index in [1.165, 1.54) is 12.5 Å². The van der Waals surface area contributed by atoms with Crippen molar-refractivity contribution in [2.45, 2.75) is 13.8 Å². The number of carbonyl (C=O) groups is 1. The van der Waals surface area contributed by atoms with Crippen LogP contribution in [0.5, 0.6) is 5.75 Å². The maximum atomic E-state index is 11.1. The molecule has 0 radical (unpaired) electrons. The van der Waals surface area contributed by atoms with Gasteiger partial charge in [0, 0.05) is 25.4 Å². The molecule has 3 nitrogen and oxygen atoms in total. The summed E-state index contributed by atoms with van der Waals surface area (Å²) in [5, 5.41) is 0. The van der Waals surface area contributed by atoms with E-state index in [-0.39, 0.29) is 5.97 Å². The molecule has 0 saturated carbocycles. The highest BCUT2D eigenvalue weighted by Crippen LogP contribution is 2.20. The van der Waals surface area contributed by atoms with Crippen LogP contribution in [0.25, 0.3) is 5.69 Å². The highest BCUT2D eigenvalue weighted by Gasteiger charge is 2.11. The third-order valence-electron chi connectivity index (χ3n) is 2.66. The number of ether oxygens (including phenoxy) is 1. The van der Waals surface area contributed by atoms with Crippen molar-refractivity contribution >= 4 is 40.7 Å². The standard InChI is InChI=1S/C13H12NO2.BrH.Mg/c1-10-5-6-12(16-11(2)15)9-13(10)14-7-3-4-8-14;;/h3-5,7-9H,1-2H3;1H;/q;;+1/p-1. The molecular weight excluding hydrogens is 306 g/mol. The summed E-state index contributed by atoms with van der Waals surface area (Å²) in [4.78, 5) is 11.1. The molecule has 18 heavy (non-hydrogen) atoms. The summed E-state index contributed by atoms with van der Waals surface area (Å²) in [7, 11) is 0. The predicted octanol–water partition coefficient (Wildman–Crippen LogP) is 2.35. The molecule has 5 heteroatoms. The maximum absolute atomic E-state index is 11.1. The van der Waals surface area contributed by atoms with Crippen LogP contribution in [0.1, 0.15) is 12.5 Å². The molecular formula is C13H12BrMgNO2. The highest BCUT2D eigenvalue weighted by molar-refractivity contribution is 9.23. The van der Waals surface area contributed by atoms with Crippen molar-refractivity contribution in [3.05, 3.63) is 42.2 Å². The van der Waals surface area contributed by atoms with E-state index in [4.69, 9.17) is 4.74 Å². The SMILES string of the molecule is CC(=O)Oc1cc(-n2cccc2)c(C)c[c]1[Mg][Br]. The van der Waals surface area contributed by atoms with Gasteiger partial charge in [-0.25, -0.2) is 0 Å². The van der Waals surface area contributed by atoms with Crippen LogP contribution in [0.2, 0.25) is 0 Å². The quantitative estimate of drug-likeness (QED) is 0.494. The Morgan fingerprint density at radius 1 is 1.33 bits per heavy atom. The zero-order valence-corrected chi connectivity index (χ0v) is 13.3. The molecule has 0 saturated heterocycles. The lowest BCUT2D eigenvalue weighted by Gasteiger charge is -2.14. The molecule has 1 aromatic heterocycles. The zero-order chi connectivity index (χ0) is 13.1. The summed E-state index contributed by atoms with van der Waals surface area (Å²) in [6, 6.07) is 7.96. The first-order valence-corrected chi connectivity index (χ1v) is 10.2. The molecule has 0 unspecified atom stereocenters. The number of aromatic nitrogens is 1. The number of carbonyl (C=O) groups excluding carboxylic acids is 1. The van der Waals surface area contributed by atoms with Crippen LogP contribution in [0.4, 0.5) is 0 Å². The van der Waals surface area contributed by atoms with Gasteiger partial charge >= 0.3 is 24.2 Å². The van der Waals surface area contributed by atoms with Gasteiger partial charge in [-0.05, 0) is 24.6 Å². The first-order chi connectivity index (χ1) is 8.61. The van der Waals surface area contributed by atoms with Crippen LogP contribution in [0.3, 0.4) is 0 Å². The summed E-state index contributed by atoms with van der Waals surface area (Å²) >= 11 is 2.99. The number of hydrogen-bond acceptors (Lipinski definition) is 2. The molecule has 0 fully saturated rings. The molecule has 0 aliphatic carbocycles. The van der Waals surface area contributed by atoms with Crippen molar-refractivity contribution in [2.24, 2.45) is 0 Å². The van der Waals surface area contributed by atoms with Crippen LogP contribution < -0.4 is 8.43 Å². The van der Waals surface area contributed by atoms with Crippen LogP contribution in [-0.4, -0.2) is 28.7 Å². The fourth-order valence-electron chi connectivity index (χ4n) is 1.86. The molecule has 2 rings (SSSR count). The van der Waals surface area contributed by atoms with Crippen molar-refractivity contribution < 1.29 is 9.53 Å². The van der Waals surface area contributed by atoms with Crippen molar-refractivity contribution in [3.8, 4) is 11.4 Å². The average Bonchev–Trinajstić information content (AvgIpc) is 2.83. The van der Waals surface area contributed by atoms with Gasteiger partial charge in [-0.15, -0.1) is 3.69 Å². The van der Waals surface area contributed by atoms with Gasteiger partial charge in [0.05, 0.1) is 5.69 Å². The molecule has 0 N–H and O–H groups in total. The second-order valence-corrected chi connectivity index (χ2v) is 6.78. The van der Waals surface area contributed by atoms with E-state index in [1.54, 1.807) is 0 Å². The lowest BCUT2D eigenvalue weighted by molar-refractivity contribution is -0.131. The Bertz CT molecular complexity index is 567. The maximum Gasteiger partial charge on any atom is 0.512 e. The second kappa shape index (κ2) is 5.90. The molecule has 0 aliphatic heterocycles. The smallest absolute Gasteiger partial charge is 0.429 e. The molecule has 0 bridgehead atoms. The van der Waals surface area contributed by atoms with Crippen molar-refractivity contribution in [1.29, 1.82) is 0 Å². The second-order valence-electron chi connectivity index (χ2n) is 4.06. The Hall–Kier alpha value is -0.784. The Morgan fingerprint density at radius 3 is 2.56 bits per heavy atom. The lowest BCUT2D eigenvalue weighted by atomic mass is 10.2. The fraction of sp³-hybridized carbons (Fsp3) is 0.154. The number of rotatable bonds is 3. The van der Waals surface area contributed by atoms with Gasteiger partial charge in [0.15, 0.2) is 0 Å². The molecule has 0 aliphatic rings. The Balaban J connectivity index is 2.52. The average molecular weight is 318 g/mol. The van der Waals surface area contributed by atoms with Crippen molar-refractivity contribution in [3.63, 3.8) is 0 Å². The molecule has 0 amide bonds. The number of halogens is 1. The minimum absolute atomic E-state index is 0.284. The minimum atomic E-state index is -0.559. The molecule has 90 valence electrons. The Morgan fingerprint density at radius 2 is 2.00 bits per heavy atom. The van der Waals surface area contributed by atoms with Crippen LogP contribution in [0.15, 0.2) is 36.7 Å². The third kappa shape index (κ3) is 2.96. The monoisotopic (exact) mass is 317 g/mol. The number of esters is 1. The first-order valence-electron chi connectivity index (χ1n) is 5.63. The van der Waals surface area contributed by atoms with Gasteiger partial charge in [-0.2, -0.15) is 0 Å². The van der Waals surface area contributed by atoms with Gasteiger partial charge in [0.1, 0.15) is 5.75 Å². The highest BCUT2D eigenvalue weighted by atomic mass is 79.9. The summed E-state index contributed by atoms with van der Waals surface area (Å²) in [6.45, 7) is 3.49. The van der Waals surface area contributed by atoms with Gasteiger partial charge < -0.3 is 9.30 Å². The Kier molecular flexibility index (Phi) is 4.48. The minimum Gasteiger partial charge on any atom is -0.429 e. The number of benzene rings is 1. The first kappa shape index (κ1) is 13.6. The molecule has 1 aromatic carbocycles. The van der Waals surface area contributed by atoms with Crippen molar-refractivity contribution in [2.75, 3.05) is 0 Å².